The van der Waals surface area contributed by atoms with Crippen molar-refractivity contribution >= 4 is 34.8 Å². The van der Waals surface area contributed by atoms with Gasteiger partial charge in [-0.05, 0) is 37.3 Å². The van der Waals surface area contributed by atoms with Crippen LogP contribution in [0.4, 0.5) is 5.69 Å². The van der Waals surface area contributed by atoms with Crippen molar-refractivity contribution in [2.45, 2.75) is 6.92 Å². The molecule has 1 aliphatic rings. The lowest BCUT2D eigenvalue weighted by Gasteiger charge is -2.36. The Morgan fingerprint density at radius 2 is 1.48 bits per heavy atom. The minimum atomic E-state index is 0.0915. The molecule has 3 nitrogen and oxygen atoms in total. The highest BCUT2D eigenvalue weighted by molar-refractivity contribution is 6.35. The molecule has 0 atom stereocenters. The Kier molecular flexibility index (Phi) is 4.79. The van der Waals surface area contributed by atoms with Crippen LogP contribution in [0.5, 0.6) is 0 Å². The zero-order valence-electron chi connectivity index (χ0n) is 12.9. The monoisotopic (exact) mass is 348 g/mol. The molecule has 1 aliphatic heterocycles. The van der Waals surface area contributed by atoms with Gasteiger partial charge in [-0.1, -0.05) is 40.9 Å². The van der Waals surface area contributed by atoms with Crippen LogP contribution >= 0.6 is 23.2 Å². The van der Waals surface area contributed by atoms with Crippen molar-refractivity contribution in [3.63, 3.8) is 0 Å². The fourth-order valence-corrected chi connectivity index (χ4v) is 3.28. The lowest BCUT2D eigenvalue weighted by atomic mass is 10.1. The highest BCUT2D eigenvalue weighted by Gasteiger charge is 2.22. The summed E-state index contributed by atoms with van der Waals surface area (Å²) in [6.07, 6.45) is 0. The quantitative estimate of drug-likeness (QED) is 0.809. The van der Waals surface area contributed by atoms with Gasteiger partial charge < -0.3 is 9.80 Å². The molecule has 1 saturated heterocycles. The van der Waals surface area contributed by atoms with Crippen LogP contribution in [0.2, 0.25) is 10.0 Å². The summed E-state index contributed by atoms with van der Waals surface area (Å²) in [7, 11) is 0. The number of carbonyl (C=O) groups excluding carboxylic acids is 1. The predicted molar refractivity (Wildman–Crippen MR) is 95.8 cm³/mol. The molecule has 0 bridgehead atoms. The Morgan fingerprint density at radius 3 is 2.04 bits per heavy atom. The number of nitrogens with zero attached hydrogens (tertiary/aromatic N) is 2. The van der Waals surface area contributed by atoms with E-state index in [2.05, 4.69) is 4.90 Å². The average molecular weight is 349 g/mol. The summed E-state index contributed by atoms with van der Waals surface area (Å²) in [5, 5.41) is 1.26. The normalized spacial score (nSPS) is 14.9. The van der Waals surface area contributed by atoms with Crippen LogP contribution in [0.15, 0.2) is 42.5 Å². The molecule has 1 heterocycles. The van der Waals surface area contributed by atoms with Crippen LogP contribution in [0.3, 0.4) is 0 Å². The minimum Gasteiger partial charge on any atom is -0.368 e. The number of halogens is 2. The van der Waals surface area contributed by atoms with Gasteiger partial charge in [-0.25, -0.2) is 0 Å². The van der Waals surface area contributed by atoms with E-state index in [4.69, 9.17) is 23.2 Å². The van der Waals surface area contributed by atoms with Crippen molar-refractivity contribution in [1.29, 1.82) is 0 Å². The second-order valence-corrected chi connectivity index (χ2v) is 6.65. The molecule has 120 valence electrons. The Labute approximate surface area is 146 Å². The van der Waals surface area contributed by atoms with Crippen molar-refractivity contribution in [2.75, 3.05) is 31.1 Å². The van der Waals surface area contributed by atoms with E-state index in [1.807, 2.05) is 48.2 Å². The molecule has 0 spiro atoms. The number of amides is 1. The second-order valence-electron chi connectivity index (χ2n) is 5.77. The summed E-state index contributed by atoms with van der Waals surface area (Å²) in [5.41, 5.74) is 2.91. The van der Waals surface area contributed by atoms with E-state index >= 15 is 0 Å². The topological polar surface area (TPSA) is 23.6 Å². The first-order valence-electron chi connectivity index (χ1n) is 7.60. The SMILES string of the molecule is Cc1ccc(C(=O)N2CCN(c3cc(Cl)cc(Cl)c3)CC2)cc1. The number of benzene rings is 2. The van der Waals surface area contributed by atoms with E-state index in [1.54, 1.807) is 6.07 Å². The number of rotatable bonds is 2. The molecule has 0 aromatic heterocycles. The van der Waals surface area contributed by atoms with E-state index in [1.165, 1.54) is 0 Å². The summed E-state index contributed by atoms with van der Waals surface area (Å²) in [6, 6.07) is 13.3. The smallest absolute Gasteiger partial charge is 0.253 e. The van der Waals surface area contributed by atoms with Crippen LogP contribution in [-0.4, -0.2) is 37.0 Å². The van der Waals surface area contributed by atoms with Crippen LogP contribution in [0, 0.1) is 6.92 Å². The van der Waals surface area contributed by atoms with Crippen molar-refractivity contribution in [3.05, 3.63) is 63.6 Å². The number of aryl methyl sites for hydroxylation is 1. The number of hydrogen-bond acceptors (Lipinski definition) is 2. The third kappa shape index (κ3) is 3.80. The summed E-state index contributed by atoms with van der Waals surface area (Å²) in [6.45, 7) is 4.94. The van der Waals surface area contributed by atoms with E-state index in [9.17, 15) is 4.79 Å². The minimum absolute atomic E-state index is 0.0915. The molecule has 0 aliphatic carbocycles. The molecule has 1 amide bonds. The predicted octanol–water partition coefficient (Wildman–Crippen LogP) is 4.26. The maximum Gasteiger partial charge on any atom is 0.253 e. The fraction of sp³-hybridized carbons (Fsp3) is 0.278. The third-order valence-electron chi connectivity index (χ3n) is 4.08. The summed E-state index contributed by atoms with van der Waals surface area (Å²) in [4.78, 5) is 16.6. The molecule has 3 rings (SSSR count). The van der Waals surface area contributed by atoms with Crippen molar-refractivity contribution in [3.8, 4) is 0 Å². The van der Waals surface area contributed by atoms with Crippen LogP contribution in [-0.2, 0) is 0 Å². The standard InChI is InChI=1S/C18H18Cl2N2O/c1-13-2-4-14(5-3-13)18(23)22-8-6-21(7-9-22)17-11-15(19)10-16(20)12-17/h2-5,10-12H,6-9H2,1H3. The number of anilines is 1. The van der Waals surface area contributed by atoms with Gasteiger partial charge >= 0.3 is 0 Å². The van der Waals surface area contributed by atoms with E-state index in [0.717, 1.165) is 29.9 Å². The Bertz CT molecular complexity index is 687. The molecular formula is C18H18Cl2N2O. The van der Waals surface area contributed by atoms with Gasteiger partial charge in [-0.15, -0.1) is 0 Å². The maximum atomic E-state index is 12.5. The average Bonchev–Trinajstić information content (AvgIpc) is 2.54. The van der Waals surface area contributed by atoms with Gasteiger partial charge in [-0.2, -0.15) is 0 Å². The fourth-order valence-electron chi connectivity index (χ4n) is 2.77. The molecule has 2 aromatic rings. The highest BCUT2D eigenvalue weighted by Crippen LogP contribution is 2.26. The molecule has 0 saturated carbocycles. The molecular weight excluding hydrogens is 331 g/mol. The first-order chi connectivity index (χ1) is 11.0. The molecule has 23 heavy (non-hydrogen) atoms. The van der Waals surface area contributed by atoms with Gasteiger partial charge in [0, 0.05) is 47.5 Å². The van der Waals surface area contributed by atoms with E-state index in [-0.39, 0.29) is 5.91 Å². The molecule has 0 unspecified atom stereocenters. The van der Waals surface area contributed by atoms with Gasteiger partial charge in [-0.3, -0.25) is 4.79 Å². The second kappa shape index (κ2) is 6.81. The zero-order chi connectivity index (χ0) is 16.4. The first-order valence-corrected chi connectivity index (χ1v) is 8.35. The Morgan fingerprint density at radius 1 is 0.913 bits per heavy atom. The van der Waals surface area contributed by atoms with Crippen molar-refractivity contribution in [1.82, 2.24) is 4.90 Å². The van der Waals surface area contributed by atoms with Gasteiger partial charge in [0.05, 0.1) is 0 Å². The summed E-state index contributed by atoms with van der Waals surface area (Å²) < 4.78 is 0. The van der Waals surface area contributed by atoms with Gasteiger partial charge in [0.1, 0.15) is 0 Å². The van der Waals surface area contributed by atoms with E-state index < -0.39 is 0 Å². The van der Waals surface area contributed by atoms with Crippen molar-refractivity contribution in [2.24, 2.45) is 0 Å². The van der Waals surface area contributed by atoms with Crippen LogP contribution in [0.1, 0.15) is 15.9 Å². The van der Waals surface area contributed by atoms with E-state index in [0.29, 0.717) is 23.1 Å². The molecule has 1 fully saturated rings. The molecule has 2 aromatic carbocycles. The summed E-state index contributed by atoms with van der Waals surface area (Å²) >= 11 is 12.1. The zero-order valence-corrected chi connectivity index (χ0v) is 14.4. The highest BCUT2D eigenvalue weighted by atomic mass is 35.5. The molecule has 0 radical (unpaired) electrons. The van der Waals surface area contributed by atoms with Crippen LogP contribution in [0.25, 0.3) is 0 Å². The van der Waals surface area contributed by atoms with Gasteiger partial charge in [0.25, 0.3) is 5.91 Å². The Balaban J connectivity index is 1.66. The molecule has 0 N–H and O–H groups in total. The lowest BCUT2D eigenvalue weighted by molar-refractivity contribution is 0.0747. The van der Waals surface area contributed by atoms with Crippen LogP contribution < -0.4 is 4.90 Å². The first kappa shape index (κ1) is 16.2. The van der Waals surface area contributed by atoms with Gasteiger partial charge in [0.15, 0.2) is 0 Å². The number of piperazine rings is 1. The number of carbonyl (C=O) groups is 1. The number of hydrogen-bond donors (Lipinski definition) is 0. The molecule has 5 heteroatoms. The maximum absolute atomic E-state index is 12.5. The summed E-state index contributed by atoms with van der Waals surface area (Å²) in [5.74, 6) is 0.0915. The Hall–Kier alpha value is -1.71. The third-order valence-corrected chi connectivity index (χ3v) is 4.51. The lowest BCUT2D eigenvalue weighted by Crippen LogP contribution is -2.48. The van der Waals surface area contributed by atoms with Gasteiger partial charge in [0.2, 0.25) is 0 Å². The largest absolute Gasteiger partial charge is 0.368 e. The van der Waals surface area contributed by atoms with Crippen molar-refractivity contribution < 1.29 is 4.79 Å².